The monoisotopic (exact) mass is 258 g/mol. The smallest absolute Gasteiger partial charge is 0.234 e. The van der Waals surface area contributed by atoms with E-state index in [1.165, 1.54) is 0 Å². The molecule has 0 bridgehead atoms. The third-order valence-corrected chi connectivity index (χ3v) is 4.32. The van der Waals surface area contributed by atoms with Crippen LogP contribution in [0.4, 0.5) is 5.82 Å². The van der Waals surface area contributed by atoms with E-state index in [4.69, 9.17) is 0 Å². The number of hydrogen-bond acceptors (Lipinski definition) is 4. The van der Waals surface area contributed by atoms with E-state index in [9.17, 15) is 8.42 Å². The van der Waals surface area contributed by atoms with E-state index in [1.807, 2.05) is 0 Å². The van der Waals surface area contributed by atoms with Crippen molar-refractivity contribution in [2.45, 2.75) is 12.8 Å². The Bertz CT molecular complexity index is 462. The molecule has 0 spiro atoms. The summed E-state index contributed by atoms with van der Waals surface area (Å²) in [5, 5.41) is 7.23. The second kappa shape index (κ2) is 5.05. The number of aryl methyl sites for hydroxylation is 1. The normalized spacial score (nSPS) is 18.2. The van der Waals surface area contributed by atoms with Gasteiger partial charge < -0.3 is 5.32 Å². The van der Waals surface area contributed by atoms with E-state index < -0.39 is 10.0 Å². The molecule has 2 rings (SSSR count). The van der Waals surface area contributed by atoms with Crippen LogP contribution in [0.25, 0.3) is 0 Å². The number of nitrogens with zero attached hydrogens (tertiary/aromatic N) is 2. The lowest BCUT2D eigenvalue weighted by molar-refractivity contribution is 0.402. The van der Waals surface area contributed by atoms with E-state index in [1.54, 1.807) is 24.0 Å². The maximum Gasteiger partial charge on any atom is 0.234 e. The van der Waals surface area contributed by atoms with Crippen LogP contribution in [-0.4, -0.2) is 37.0 Å². The van der Waals surface area contributed by atoms with Crippen molar-refractivity contribution in [2.75, 3.05) is 23.6 Å². The van der Waals surface area contributed by atoms with E-state index in [2.05, 4.69) is 15.1 Å². The first kappa shape index (κ1) is 12.4. The number of rotatable bonds is 4. The minimum Gasteiger partial charge on any atom is -0.317 e. The minimum absolute atomic E-state index is 0.186. The number of piperidine rings is 1. The van der Waals surface area contributed by atoms with Gasteiger partial charge in [-0.25, -0.2) is 8.42 Å². The SMILES string of the molecule is Cn1ccc(NS(=O)(=O)CC2CCNCC2)n1. The number of aromatic nitrogens is 2. The zero-order valence-corrected chi connectivity index (χ0v) is 10.7. The quantitative estimate of drug-likeness (QED) is 0.806. The largest absolute Gasteiger partial charge is 0.317 e. The van der Waals surface area contributed by atoms with Crippen molar-refractivity contribution in [3.63, 3.8) is 0 Å². The zero-order valence-electron chi connectivity index (χ0n) is 9.89. The van der Waals surface area contributed by atoms with Crippen LogP contribution in [0.1, 0.15) is 12.8 Å². The van der Waals surface area contributed by atoms with Gasteiger partial charge in [-0.3, -0.25) is 9.40 Å². The van der Waals surface area contributed by atoms with Crippen molar-refractivity contribution >= 4 is 15.8 Å². The summed E-state index contributed by atoms with van der Waals surface area (Å²) in [5.41, 5.74) is 0. The maximum atomic E-state index is 11.9. The number of hydrogen-bond donors (Lipinski definition) is 2. The Labute approximate surface area is 101 Å². The summed E-state index contributed by atoms with van der Waals surface area (Å²) in [6, 6.07) is 1.65. The molecule has 0 aromatic carbocycles. The van der Waals surface area contributed by atoms with Crippen LogP contribution in [0.15, 0.2) is 12.3 Å². The fraction of sp³-hybridized carbons (Fsp3) is 0.700. The molecule has 0 unspecified atom stereocenters. The standard InChI is InChI=1S/C10H18N4O2S/c1-14-7-4-10(12-14)13-17(15,16)8-9-2-5-11-6-3-9/h4,7,9,11H,2-3,5-6,8H2,1H3,(H,12,13). The fourth-order valence-electron chi connectivity index (χ4n) is 2.03. The summed E-state index contributed by atoms with van der Waals surface area (Å²) in [6.45, 7) is 1.81. The van der Waals surface area contributed by atoms with Gasteiger partial charge >= 0.3 is 0 Å². The van der Waals surface area contributed by atoms with Gasteiger partial charge in [-0.15, -0.1) is 0 Å². The van der Waals surface area contributed by atoms with Crippen molar-refractivity contribution in [3.8, 4) is 0 Å². The first-order valence-electron chi connectivity index (χ1n) is 5.76. The first-order valence-corrected chi connectivity index (χ1v) is 7.41. The average molecular weight is 258 g/mol. The lowest BCUT2D eigenvalue weighted by Crippen LogP contribution is -2.33. The van der Waals surface area contributed by atoms with Crippen LogP contribution in [0.5, 0.6) is 0 Å². The highest BCUT2D eigenvalue weighted by molar-refractivity contribution is 7.92. The molecule has 0 saturated carbocycles. The van der Waals surface area contributed by atoms with Crippen molar-refractivity contribution < 1.29 is 8.42 Å². The van der Waals surface area contributed by atoms with Crippen LogP contribution >= 0.6 is 0 Å². The van der Waals surface area contributed by atoms with Gasteiger partial charge in [-0.05, 0) is 31.8 Å². The van der Waals surface area contributed by atoms with Gasteiger partial charge in [-0.2, -0.15) is 5.10 Å². The molecule has 6 nitrogen and oxygen atoms in total. The van der Waals surface area contributed by atoms with Gasteiger partial charge in [0.05, 0.1) is 5.75 Å². The third kappa shape index (κ3) is 3.71. The molecule has 0 aliphatic carbocycles. The van der Waals surface area contributed by atoms with Crippen LogP contribution in [0, 0.1) is 5.92 Å². The van der Waals surface area contributed by atoms with Crippen LogP contribution < -0.4 is 10.0 Å². The molecule has 0 atom stereocenters. The number of nitrogens with one attached hydrogen (secondary N) is 2. The Hall–Kier alpha value is -1.08. The highest BCUT2D eigenvalue weighted by Crippen LogP contribution is 2.15. The molecule has 1 fully saturated rings. The predicted octanol–water partition coefficient (Wildman–Crippen LogP) is 0.161. The molecule has 0 radical (unpaired) electrons. The molecule has 1 saturated heterocycles. The van der Waals surface area contributed by atoms with Crippen LogP contribution in [-0.2, 0) is 17.1 Å². The summed E-state index contributed by atoms with van der Waals surface area (Å²) < 4.78 is 27.9. The van der Waals surface area contributed by atoms with Gasteiger partial charge in [0, 0.05) is 19.3 Å². The van der Waals surface area contributed by atoms with E-state index in [-0.39, 0.29) is 11.7 Å². The molecule has 7 heteroatoms. The number of sulfonamides is 1. The molecule has 1 aromatic rings. The molecule has 2 N–H and O–H groups in total. The molecular weight excluding hydrogens is 240 g/mol. The van der Waals surface area contributed by atoms with Gasteiger partial charge in [-0.1, -0.05) is 0 Å². The van der Waals surface area contributed by atoms with Crippen molar-refractivity contribution in [2.24, 2.45) is 13.0 Å². The Morgan fingerprint density at radius 2 is 2.24 bits per heavy atom. The van der Waals surface area contributed by atoms with Crippen LogP contribution in [0.3, 0.4) is 0 Å². The molecule has 0 amide bonds. The highest BCUT2D eigenvalue weighted by atomic mass is 32.2. The fourth-order valence-corrected chi connectivity index (χ4v) is 3.49. The predicted molar refractivity (Wildman–Crippen MR) is 66.2 cm³/mol. The maximum absolute atomic E-state index is 11.9. The Morgan fingerprint density at radius 3 is 2.82 bits per heavy atom. The lowest BCUT2D eigenvalue weighted by atomic mass is 10.0. The highest BCUT2D eigenvalue weighted by Gasteiger charge is 2.21. The van der Waals surface area contributed by atoms with Gasteiger partial charge in [0.2, 0.25) is 10.0 Å². The summed E-state index contributed by atoms with van der Waals surface area (Å²) in [6.07, 6.45) is 3.55. The van der Waals surface area contributed by atoms with Crippen LogP contribution in [0.2, 0.25) is 0 Å². The Balaban J connectivity index is 1.94. The third-order valence-electron chi connectivity index (χ3n) is 2.89. The average Bonchev–Trinajstić information content (AvgIpc) is 2.63. The second-order valence-electron chi connectivity index (χ2n) is 4.45. The molecule has 96 valence electrons. The first-order chi connectivity index (χ1) is 8.05. The number of anilines is 1. The van der Waals surface area contributed by atoms with Gasteiger partial charge in [0.1, 0.15) is 0 Å². The van der Waals surface area contributed by atoms with Crippen molar-refractivity contribution in [1.29, 1.82) is 0 Å². The second-order valence-corrected chi connectivity index (χ2v) is 6.22. The Kier molecular flexibility index (Phi) is 3.68. The van der Waals surface area contributed by atoms with Gasteiger partial charge in [0.25, 0.3) is 0 Å². The minimum atomic E-state index is -3.27. The molecule has 17 heavy (non-hydrogen) atoms. The van der Waals surface area contributed by atoms with E-state index >= 15 is 0 Å². The summed E-state index contributed by atoms with van der Waals surface area (Å²) in [7, 11) is -1.52. The molecular formula is C10H18N4O2S. The summed E-state index contributed by atoms with van der Waals surface area (Å²) in [5.74, 6) is 0.824. The summed E-state index contributed by atoms with van der Waals surface area (Å²) in [4.78, 5) is 0. The zero-order chi connectivity index (χ0) is 12.3. The van der Waals surface area contributed by atoms with Gasteiger partial charge in [0.15, 0.2) is 5.82 Å². The van der Waals surface area contributed by atoms with E-state index in [0.29, 0.717) is 5.82 Å². The lowest BCUT2D eigenvalue weighted by Gasteiger charge is -2.22. The summed E-state index contributed by atoms with van der Waals surface area (Å²) >= 11 is 0. The van der Waals surface area contributed by atoms with Crippen molar-refractivity contribution in [1.82, 2.24) is 15.1 Å². The Morgan fingerprint density at radius 1 is 1.53 bits per heavy atom. The van der Waals surface area contributed by atoms with E-state index in [0.717, 1.165) is 25.9 Å². The van der Waals surface area contributed by atoms with Crippen molar-refractivity contribution in [3.05, 3.63) is 12.3 Å². The molecule has 1 aliphatic heterocycles. The molecule has 2 heterocycles. The molecule has 1 aliphatic rings. The molecule has 1 aromatic heterocycles. The topological polar surface area (TPSA) is 76.0 Å².